The van der Waals surface area contributed by atoms with Crippen LogP contribution >= 0.6 is 0 Å². The largest absolute Gasteiger partial charge is 0.399 e. The van der Waals surface area contributed by atoms with Gasteiger partial charge in [0.15, 0.2) is 0 Å². The maximum absolute atomic E-state index is 12.3. The first-order valence-corrected chi connectivity index (χ1v) is 7.73. The summed E-state index contributed by atoms with van der Waals surface area (Å²) in [5.41, 5.74) is 6.07. The summed E-state index contributed by atoms with van der Waals surface area (Å²) >= 11 is 0. The first-order valence-electron chi connectivity index (χ1n) is 6.25. The Hall–Kier alpha value is -1.11. The summed E-state index contributed by atoms with van der Waals surface area (Å²) in [6, 6.07) is 6.18. The molecule has 0 fully saturated rings. The first-order chi connectivity index (χ1) is 8.72. The molecule has 1 unspecified atom stereocenters. The molecule has 1 atom stereocenters. The third kappa shape index (κ3) is 4.81. The third-order valence-corrected chi connectivity index (χ3v) is 4.33. The number of hydrogen-bond acceptors (Lipinski definition) is 4. The summed E-state index contributed by atoms with van der Waals surface area (Å²) in [5.74, 6) is 0.207. The number of nitrogens with two attached hydrogens (primary N) is 1. The SMILES string of the molecule is CC(C)C(CN(C)C)NS(=O)(=O)c1cccc(N)c1. The van der Waals surface area contributed by atoms with E-state index < -0.39 is 10.0 Å². The lowest BCUT2D eigenvalue weighted by atomic mass is 10.1. The lowest BCUT2D eigenvalue weighted by Gasteiger charge is -2.25. The van der Waals surface area contributed by atoms with Crippen molar-refractivity contribution in [2.24, 2.45) is 5.92 Å². The molecule has 0 aliphatic carbocycles. The van der Waals surface area contributed by atoms with Gasteiger partial charge in [-0.15, -0.1) is 0 Å². The van der Waals surface area contributed by atoms with Gasteiger partial charge in [0.05, 0.1) is 4.90 Å². The van der Waals surface area contributed by atoms with Crippen LogP contribution in [0.5, 0.6) is 0 Å². The second kappa shape index (κ2) is 6.36. The Morgan fingerprint density at radius 3 is 2.42 bits per heavy atom. The van der Waals surface area contributed by atoms with Crippen LogP contribution in [0.1, 0.15) is 13.8 Å². The van der Waals surface area contributed by atoms with Gasteiger partial charge in [-0.05, 0) is 38.2 Å². The number of benzene rings is 1. The molecular formula is C13H23N3O2S. The quantitative estimate of drug-likeness (QED) is 0.768. The fourth-order valence-electron chi connectivity index (χ4n) is 1.73. The van der Waals surface area contributed by atoms with Crippen LogP contribution in [-0.4, -0.2) is 40.0 Å². The van der Waals surface area contributed by atoms with E-state index in [1.54, 1.807) is 18.2 Å². The second-order valence-corrected chi connectivity index (χ2v) is 7.02. The maximum atomic E-state index is 12.3. The smallest absolute Gasteiger partial charge is 0.240 e. The van der Waals surface area contributed by atoms with E-state index in [-0.39, 0.29) is 16.9 Å². The highest BCUT2D eigenvalue weighted by molar-refractivity contribution is 7.89. The number of nitrogens with zero attached hydrogens (tertiary/aromatic N) is 1. The van der Waals surface area contributed by atoms with Crippen molar-refractivity contribution in [3.63, 3.8) is 0 Å². The minimum Gasteiger partial charge on any atom is -0.399 e. The minimum atomic E-state index is -3.53. The molecule has 0 saturated heterocycles. The highest BCUT2D eigenvalue weighted by Gasteiger charge is 2.23. The fourth-order valence-corrected chi connectivity index (χ4v) is 3.16. The fraction of sp³-hybridized carbons (Fsp3) is 0.538. The molecule has 1 aromatic carbocycles. The summed E-state index contributed by atoms with van der Waals surface area (Å²) in [5, 5.41) is 0. The Bertz CT molecular complexity index is 512. The molecule has 0 bridgehead atoms. The van der Waals surface area contributed by atoms with Gasteiger partial charge in [-0.3, -0.25) is 0 Å². The van der Waals surface area contributed by atoms with Crippen LogP contribution in [-0.2, 0) is 10.0 Å². The van der Waals surface area contributed by atoms with Crippen LogP contribution in [0, 0.1) is 5.92 Å². The van der Waals surface area contributed by atoms with Gasteiger partial charge < -0.3 is 10.6 Å². The first kappa shape index (κ1) is 15.9. The predicted octanol–water partition coefficient (Wildman–Crippen LogP) is 1.13. The molecule has 0 radical (unpaired) electrons. The van der Waals surface area contributed by atoms with Crippen molar-refractivity contribution in [3.8, 4) is 0 Å². The van der Waals surface area contributed by atoms with Gasteiger partial charge in [0.2, 0.25) is 10.0 Å². The summed E-state index contributed by atoms with van der Waals surface area (Å²) in [6.45, 7) is 4.64. The van der Waals surface area contributed by atoms with Crippen LogP contribution in [0.2, 0.25) is 0 Å². The summed E-state index contributed by atoms with van der Waals surface area (Å²) in [7, 11) is 0.312. The number of anilines is 1. The molecule has 0 saturated carbocycles. The number of nitrogen functional groups attached to an aromatic ring is 1. The highest BCUT2D eigenvalue weighted by Crippen LogP contribution is 2.14. The van der Waals surface area contributed by atoms with Gasteiger partial charge >= 0.3 is 0 Å². The van der Waals surface area contributed by atoms with E-state index in [2.05, 4.69) is 4.72 Å². The summed E-state index contributed by atoms with van der Waals surface area (Å²) in [4.78, 5) is 2.17. The van der Waals surface area contributed by atoms with Gasteiger partial charge in [0.25, 0.3) is 0 Å². The van der Waals surface area contributed by atoms with Crippen LogP contribution < -0.4 is 10.5 Å². The Labute approximate surface area is 115 Å². The van der Waals surface area contributed by atoms with Gasteiger partial charge in [-0.1, -0.05) is 19.9 Å². The molecule has 0 spiro atoms. The monoisotopic (exact) mass is 285 g/mol. The van der Waals surface area contributed by atoms with Crippen molar-refractivity contribution >= 4 is 15.7 Å². The molecule has 108 valence electrons. The molecule has 0 aromatic heterocycles. The molecular weight excluding hydrogens is 262 g/mol. The van der Waals surface area contributed by atoms with Crippen molar-refractivity contribution in [3.05, 3.63) is 24.3 Å². The number of nitrogens with one attached hydrogen (secondary N) is 1. The zero-order valence-corrected chi connectivity index (χ0v) is 12.7. The molecule has 1 aromatic rings. The molecule has 19 heavy (non-hydrogen) atoms. The zero-order chi connectivity index (χ0) is 14.6. The Morgan fingerprint density at radius 2 is 1.95 bits per heavy atom. The van der Waals surface area contributed by atoms with Crippen LogP contribution in [0.15, 0.2) is 29.2 Å². The van der Waals surface area contributed by atoms with Crippen molar-refractivity contribution in [1.82, 2.24) is 9.62 Å². The van der Waals surface area contributed by atoms with Crippen molar-refractivity contribution in [1.29, 1.82) is 0 Å². The van der Waals surface area contributed by atoms with E-state index in [0.29, 0.717) is 12.2 Å². The highest BCUT2D eigenvalue weighted by atomic mass is 32.2. The van der Waals surface area contributed by atoms with Gasteiger partial charge in [-0.2, -0.15) is 0 Å². The molecule has 6 heteroatoms. The Balaban J connectivity index is 2.94. The van der Waals surface area contributed by atoms with E-state index in [0.717, 1.165) is 0 Å². The molecule has 0 heterocycles. The topological polar surface area (TPSA) is 75.4 Å². The Kier molecular flexibility index (Phi) is 5.34. The zero-order valence-electron chi connectivity index (χ0n) is 11.9. The van der Waals surface area contributed by atoms with Gasteiger partial charge in [0, 0.05) is 18.3 Å². The van der Waals surface area contributed by atoms with Crippen molar-refractivity contribution in [2.75, 3.05) is 26.4 Å². The van der Waals surface area contributed by atoms with E-state index in [1.807, 2.05) is 32.8 Å². The van der Waals surface area contributed by atoms with Crippen LogP contribution in [0.25, 0.3) is 0 Å². The number of sulfonamides is 1. The van der Waals surface area contributed by atoms with E-state index in [9.17, 15) is 8.42 Å². The van der Waals surface area contributed by atoms with Gasteiger partial charge in [0.1, 0.15) is 0 Å². The number of rotatable bonds is 6. The van der Waals surface area contributed by atoms with Crippen molar-refractivity contribution in [2.45, 2.75) is 24.8 Å². The average Bonchev–Trinajstić information content (AvgIpc) is 2.27. The van der Waals surface area contributed by atoms with E-state index in [4.69, 9.17) is 5.73 Å². The standard InChI is InChI=1S/C13H23N3O2S/c1-10(2)13(9-16(3)4)15-19(17,18)12-7-5-6-11(14)8-12/h5-8,10,13,15H,9,14H2,1-4H3. The molecule has 1 rings (SSSR count). The lowest BCUT2D eigenvalue weighted by Crippen LogP contribution is -2.44. The van der Waals surface area contributed by atoms with E-state index in [1.165, 1.54) is 6.07 Å². The summed E-state index contributed by atoms with van der Waals surface area (Å²) in [6.07, 6.45) is 0. The number of likely N-dealkylation sites (N-methyl/N-ethyl adjacent to an activating group) is 1. The van der Waals surface area contributed by atoms with Crippen LogP contribution in [0.3, 0.4) is 0 Å². The molecule has 0 amide bonds. The second-order valence-electron chi connectivity index (χ2n) is 5.31. The lowest BCUT2D eigenvalue weighted by molar-refractivity contribution is 0.314. The molecule has 3 N–H and O–H groups in total. The average molecular weight is 285 g/mol. The normalized spacial score (nSPS) is 14.0. The van der Waals surface area contributed by atoms with E-state index >= 15 is 0 Å². The Morgan fingerprint density at radius 1 is 1.32 bits per heavy atom. The maximum Gasteiger partial charge on any atom is 0.240 e. The molecule has 0 aliphatic rings. The number of hydrogen-bond donors (Lipinski definition) is 2. The minimum absolute atomic E-state index is 0.138. The third-order valence-electron chi connectivity index (χ3n) is 2.84. The van der Waals surface area contributed by atoms with Crippen LogP contribution in [0.4, 0.5) is 5.69 Å². The molecule has 0 aliphatic heterocycles. The molecule has 5 nitrogen and oxygen atoms in total. The van der Waals surface area contributed by atoms with Gasteiger partial charge in [-0.25, -0.2) is 13.1 Å². The van der Waals surface area contributed by atoms with Crippen molar-refractivity contribution < 1.29 is 8.42 Å². The predicted molar refractivity (Wildman–Crippen MR) is 78.4 cm³/mol. The summed E-state index contributed by atoms with van der Waals surface area (Å²) < 4.78 is 27.3.